The summed E-state index contributed by atoms with van der Waals surface area (Å²) in [6, 6.07) is 0. The van der Waals surface area contributed by atoms with Gasteiger partial charge in [-0.15, -0.1) is 11.8 Å². The van der Waals surface area contributed by atoms with Crippen LogP contribution in [0.15, 0.2) is 0 Å². The van der Waals surface area contributed by atoms with Gasteiger partial charge >= 0.3 is 5.97 Å². The second-order valence-electron chi connectivity index (χ2n) is 6.42. The molecule has 0 unspecified atom stereocenters. The number of carboxylic acids is 1. The van der Waals surface area contributed by atoms with Crippen LogP contribution >= 0.6 is 11.8 Å². The molecule has 0 radical (unpaired) electrons. The number of hydrogen-bond acceptors (Lipinski definition) is 2. The summed E-state index contributed by atoms with van der Waals surface area (Å²) in [5.74, 6) is 0.987. The van der Waals surface area contributed by atoms with Crippen LogP contribution in [-0.2, 0) is 4.79 Å². The molecule has 17 heavy (non-hydrogen) atoms. The van der Waals surface area contributed by atoms with Crippen LogP contribution < -0.4 is 0 Å². The molecule has 0 bridgehead atoms. The molecule has 0 amide bonds. The number of rotatable bonds is 4. The number of thioether (sulfide) groups is 1. The minimum atomic E-state index is -0.570. The molecule has 2 nitrogen and oxygen atoms in total. The zero-order valence-electron chi connectivity index (χ0n) is 11.0. The van der Waals surface area contributed by atoms with E-state index in [9.17, 15) is 9.90 Å². The fourth-order valence-corrected chi connectivity index (χ4v) is 5.05. The van der Waals surface area contributed by atoms with E-state index in [-0.39, 0.29) is 0 Å². The Morgan fingerprint density at radius 2 is 1.82 bits per heavy atom. The highest BCUT2D eigenvalue weighted by atomic mass is 32.2. The van der Waals surface area contributed by atoms with Crippen molar-refractivity contribution in [3.63, 3.8) is 0 Å². The van der Waals surface area contributed by atoms with Crippen LogP contribution in [0.1, 0.15) is 58.8 Å². The second kappa shape index (κ2) is 4.83. The molecule has 0 heterocycles. The molecule has 3 heteroatoms. The first-order valence-corrected chi connectivity index (χ1v) is 7.84. The Kier molecular flexibility index (Phi) is 3.77. The van der Waals surface area contributed by atoms with Gasteiger partial charge in [-0.05, 0) is 42.8 Å². The Hall–Kier alpha value is -0.180. The van der Waals surface area contributed by atoms with E-state index in [1.807, 2.05) is 0 Å². The fraction of sp³-hybridized carbons (Fsp3) is 0.929. The molecule has 2 fully saturated rings. The topological polar surface area (TPSA) is 37.3 Å². The molecular formula is C14H24O2S. The maximum absolute atomic E-state index is 11.5. The van der Waals surface area contributed by atoms with Gasteiger partial charge in [0.1, 0.15) is 4.75 Å². The van der Waals surface area contributed by atoms with Crippen molar-refractivity contribution in [3.05, 3.63) is 0 Å². The van der Waals surface area contributed by atoms with Gasteiger partial charge in [0.25, 0.3) is 0 Å². The predicted octanol–water partition coefficient (Wildman–Crippen LogP) is 3.94. The quantitative estimate of drug-likeness (QED) is 0.827. The van der Waals surface area contributed by atoms with Crippen LogP contribution in [0.3, 0.4) is 0 Å². The van der Waals surface area contributed by atoms with Crippen molar-refractivity contribution in [2.45, 2.75) is 63.5 Å². The van der Waals surface area contributed by atoms with Crippen molar-refractivity contribution in [2.24, 2.45) is 11.3 Å². The molecule has 0 aromatic carbocycles. The number of aliphatic carboxylic acids is 1. The lowest BCUT2D eigenvalue weighted by atomic mass is 9.55. The molecule has 0 aromatic heterocycles. The predicted molar refractivity (Wildman–Crippen MR) is 72.4 cm³/mol. The van der Waals surface area contributed by atoms with E-state index in [0.29, 0.717) is 11.3 Å². The first-order valence-electron chi connectivity index (χ1n) is 6.85. The molecule has 2 rings (SSSR count). The van der Waals surface area contributed by atoms with Gasteiger partial charge < -0.3 is 5.11 Å². The van der Waals surface area contributed by atoms with Crippen molar-refractivity contribution < 1.29 is 9.90 Å². The summed E-state index contributed by atoms with van der Waals surface area (Å²) in [5, 5.41) is 9.49. The van der Waals surface area contributed by atoms with Crippen molar-refractivity contribution in [3.8, 4) is 0 Å². The van der Waals surface area contributed by atoms with Crippen LogP contribution in [0.5, 0.6) is 0 Å². The number of carboxylic acid groups (broad SMARTS) is 1. The Balaban J connectivity index is 1.95. The van der Waals surface area contributed by atoms with E-state index in [1.54, 1.807) is 11.8 Å². The lowest BCUT2D eigenvalue weighted by Gasteiger charge is -2.55. The van der Waals surface area contributed by atoms with Gasteiger partial charge in [-0.2, -0.15) is 0 Å². The molecule has 0 atom stereocenters. The third-order valence-electron chi connectivity index (χ3n) is 4.32. The molecule has 2 aliphatic rings. The highest BCUT2D eigenvalue weighted by Gasteiger charge is 2.58. The largest absolute Gasteiger partial charge is 0.480 e. The van der Waals surface area contributed by atoms with E-state index < -0.39 is 10.7 Å². The first-order chi connectivity index (χ1) is 7.98. The highest BCUT2D eigenvalue weighted by molar-refractivity contribution is 8.01. The monoisotopic (exact) mass is 256 g/mol. The average Bonchev–Trinajstić information content (AvgIpc) is 2.24. The summed E-state index contributed by atoms with van der Waals surface area (Å²) in [6.07, 6.45) is 8.35. The molecule has 2 saturated carbocycles. The van der Waals surface area contributed by atoms with Gasteiger partial charge in [0.15, 0.2) is 0 Å². The molecule has 0 aromatic rings. The molecule has 0 aliphatic heterocycles. The molecular weight excluding hydrogens is 232 g/mol. The molecule has 1 spiro atoms. The molecule has 1 N–H and O–H groups in total. The summed E-state index contributed by atoms with van der Waals surface area (Å²) in [4.78, 5) is 11.5. The zero-order valence-corrected chi connectivity index (χ0v) is 11.8. The minimum absolute atomic E-state index is 0.403. The van der Waals surface area contributed by atoms with E-state index in [0.717, 1.165) is 18.6 Å². The van der Waals surface area contributed by atoms with Gasteiger partial charge in [-0.3, -0.25) is 4.79 Å². The maximum Gasteiger partial charge on any atom is 0.319 e. The second-order valence-corrected chi connectivity index (χ2v) is 7.82. The van der Waals surface area contributed by atoms with Gasteiger partial charge in [-0.25, -0.2) is 0 Å². The maximum atomic E-state index is 11.5. The van der Waals surface area contributed by atoms with Crippen molar-refractivity contribution in [2.75, 3.05) is 5.75 Å². The smallest absolute Gasteiger partial charge is 0.319 e. The fourth-order valence-electron chi connectivity index (χ4n) is 3.46. The highest BCUT2D eigenvalue weighted by Crippen LogP contribution is 2.62. The standard InChI is InChI=1S/C14H24O2S/c1-11(2)8-17-14(12(15)16)9-13(10-14)6-4-3-5-7-13/h11H,3-10H2,1-2H3,(H,15,16). The van der Waals surface area contributed by atoms with Crippen LogP contribution in [0, 0.1) is 11.3 Å². The lowest BCUT2D eigenvalue weighted by molar-refractivity contribution is -0.147. The SMILES string of the molecule is CC(C)CSC1(C(=O)O)CC2(CCCCC2)C1. The summed E-state index contributed by atoms with van der Waals surface area (Å²) >= 11 is 1.69. The summed E-state index contributed by atoms with van der Waals surface area (Å²) in [7, 11) is 0. The van der Waals surface area contributed by atoms with Crippen LogP contribution in [-0.4, -0.2) is 21.6 Å². The molecule has 98 valence electrons. The van der Waals surface area contributed by atoms with Gasteiger partial charge in [0.05, 0.1) is 0 Å². The summed E-state index contributed by atoms with van der Waals surface area (Å²) in [6.45, 7) is 4.33. The third kappa shape index (κ3) is 2.64. The van der Waals surface area contributed by atoms with Gasteiger partial charge in [-0.1, -0.05) is 33.1 Å². The summed E-state index contributed by atoms with van der Waals surface area (Å²) < 4.78 is -0.443. The van der Waals surface area contributed by atoms with Crippen molar-refractivity contribution in [1.29, 1.82) is 0 Å². The van der Waals surface area contributed by atoms with E-state index in [1.165, 1.54) is 32.1 Å². The van der Waals surface area contributed by atoms with Crippen molar-refractivity contribution >= 4 is 17.7 Å². The molecule has 0 saturated heterocycles. The van der Waals surface area contributed by atoms with Crippen LogP contribution in [0.4, 0.5) is 0 Å². The van der Waals surface area contributed by atoms with E-state index >= 15 is 0 Å². The average molecular weight is 256 g/mol. The summed E-state index contributed by atoms with van der Waals surface area (Å²) in [5.41, 5.74) is 0.403. The Morgan fingerprint density at radius 3 is 2.29 bits per heavy atom. The van der Waals surface area contributed by atoms with Crippen molar-refractivity contribution in [1.82, 2.24) is 0 Å². The number of hydrogen-bond donors (Lipinski definition) is 1. The third-order valence-corrected chi connectivity index (χ3v) is 6.17. The first kappa shape index (κ1) is 13.3. The lowest BCUT2D eigenvalue weighted by Crippen LogP contribution is -2.55. The van der Waals surface area contributed by atoms with Gasteiger partial charge in [0.2, 0.25) is 0 Å². The zero-order chi connectivity index (χ0) is 12.5. The minimum Gasteiger partial charge on any atom is -0.480 e. The molecule has 2 aliphatic carbocycles. The number of carbonyl (C=O) groups is 1. The van der Waals surface area contributed by atoms with E-state index in [2.05, 4.69) is 13.8 Å². The Morgan fingerprint density at radius 1 is 1.24 bits per heavy atom. The van der Waals surface area contributed by atoms with Gasteiger partial charge in [0, 0.05) is 0 Å². The van der Waals surface area contributed by atoms with Crippen LogP contribution in [0.25, 0.3) is 0 Å². The normalized spacial score (nSPS) is 25.8. The van der Waals surface area contributed by atoms with Crippen LogP contribution in [0.2, 0.25) is 0 Å². The Labute approximate surface area is 109 Å². The van der Waals surface area contributed by atoms with E-state index in [4.69, 9.17) is 0 Å². The Bertz CT molecular complexity index is 285.